The summed E-state index contributed by atoms with van der Waals surface area (Å²) < 4.78 is 22.6. The number of hydrogen-bond acceptors (Lipinski definition) is 14. The van der Waals surface area contributed by atoms with Crippen LogP contribution in [-0.4, -0.2) is 108 Å². The Morgan fingerprint density at radius 3 is 2.20 bits per heavy atom. The Hall–Kier alpha value is -3.31. The Kier molecular flexibility index (Phi) is 7.95. The van der Waals surface area contributed by atoms with E-state index in [0.717, 1.165) is 12.1 Å². The first-order valence-electron chi connectivity index (χ1n) is 12.7. The summed E-state index contributed by atoms with van der Waals surface area (Å²) in [5.74, 6) is -1.42. The fraction of sp³-hybridized carbons (Fsp3) is 0.444. The molecular weight excluding hydrogens is 548 g/mol. The van der Waals surface area contributed by atoms with E-state index in [1.165, 1.54) is 31.2 Å². The number of aliphatic hydroxyl groups excluding tert-OH is 6. The van der Waals surface area contributed by atoms with Crippen LogP contribution in [0.1, 0.15) is 18.6 Å². The van der Waals surface area contributed by atoms with Crippen LogP contribution in [-0.2, 0) is 14.2 Å². The Morgan fingerprint density at radius 2 is 1.54 bits per heavy atom. The minimum atomic E-state index is -1.86. The van der Waals surface area contributed by atoms with Gasteiger partial charge in [-0.05, 0) is 31.2 Å². The highest BCUT2D eigenvalue weighted by Gasteiger charge is 2.51. The lowest BCUT2D eigenvalue weighted by Gasteiger charge is -2.46. The molecule has 14 heteroatoms. The first-order valence-corrected chi connectivity index (χ1v) is 12.7. The molecule has 0 amide bonds. The molecule has 2 aliphatic rings. The summed E-state index contributed by atoms with van der Waals surface area (Å²) >= 11 is 0. The fourth-order valence-corrected chi connectivity index (χ4v) is 5.11. The number of rotatable bonds is 5. The largest absolute Gasteiger partial charge is 0.508 e. The summed E-state index contributed by atoms with van der Waals surface area (Å²) in [5.41, 5.74) is -0.985. The van der Waals surface area contributed by atoms with Gasteiger partial charge in [0, 0.05) is 17.7 Å². The third-order valence-electron chi connectivity index (χ3n) is 7.41. The zero-order valence-electron chi connectivity index (χ0n) is 21.5. The van der Waals surface area contributed by atoms with Crippen molar-refractivity contribution in [2.24, 2.45) is 0 Å². The first-order chi connectivity index (χ1) is 19.4. The van der Waals surface area contributed by atoms with Crippen LogP contribution in [0.2, 0.25) is 0 Å². The lowest BCUT2D eigenvalue weighted by Crippen LogP contribution is -2.61. The van der Waals surface area contributed by atoms with Crippen LogP contribution in [0, 0.1) is 0 Å². The highest BCUT2D eigenvalue weighted by Crippen LogP contribution is 2.46. The van der Waals surface area contributed by atoms with Gasteiger partial charge in [-0.2, -0.15) is 0 Å². The Bertz CT molecular complexity index is 1460. The number of benzene rings is 2. The zero-order valence-corrected chi connectivity index (χ0v) is 21.5. The monoisotopic (exact) mass is 578 g/mol. The molecule has 2 saturated heterocycles. The summed E-state index contributed by atoms with van der Waals surface area (Å²) in [6.07, 6.45) is -16.1. The van der Waals surface area contributed by atoms with Crippen molar-refractivity contribution in [1.29, 1.82) is 0 Å². The minimum absolute atomic E-state index is 0.0131. The van der Waals surface area contributed by atoms with E-state index in [1.807, 2.05) is 0 Å². The predicted molar refractivity (Wildman–Crippen MR) is 137 cm³/mol. The molecule has 10 atom stereocenters. The van der Waals surface area contributed by atoms with Crippen LogP contribution >= 0.6 is 0 Å². The van der Waals surface area contributed by atoms with Crippen molar-refractivity contribution >= 4 is 11.0 Å². The van der Waals surface area contributed by atoms with E-state index >= 15 is 0 Å². The smallest absolute Gasteiger partial charge is 0.197 e. The average Bonchev–Trinajstić information content (AvgIpc) is 2.93. The van der Waals surface area contributed by atoms with E-state index in [1.54, 1.807) is 0 Å². The maximum atomic E-state index is 13.1. The van der Waals surface area contributed by atoms with Gasteiger partial charge < -0.3 is 64.6 Å². The highest BCUT2D eigenvalue weighted by molar-refractivity contribution is 5.88. The molecule has 14 nitrogen and oxygen atoms in total. The molecule has 2 aliphatic heterocycles. The van der Waals surface area contributed by atoms with Gasteiger partial charge in [0.25, 0.3) is 0 Å². The van der Waals surface area contributed by atoms with Gasteiger partial charge in [0.2, 0.25) is 0 Å². The standard InChI is InChI=1S/C27H30O14/c1-9-19(32)22(35)24(37)27(38-9)41-26-23(36)20(33)16(8-28)40-25(26)18-13(31)7-15-17(21(18)34)12(30)6-14(39-15)10-2-4-11(29)5-3-10/h2-7,9,16,19-20,22-29,31-37H,8H2,1H3/t9-,16?,19?,20?,22?,23?,24?,25?,26?,27?/m0/s1. The van der Waals surface area contributed by atoms with Crippen molar-refractivity contribution < 1.29 is 64.6 Å². The maximum Gasteiger partial charge on any atom is 0.197 e. The summed E-state index contributed by atoms with van der Waals surface area (Å²) in [5, 5.41) is 93.1. The van der Waals surface area contributed by atoms with Crippen molar-refractivity contribution in [1.82, 2.24) is 0 Å². The summed E-state index contributed by atoms with van der Waals surface area (Å²) in [7, 11) is 0. The maximum absolute atomic E-state index is 13.1. The topological polar surface area (TPSA) is 240 Å². The molecule has 0 spiro atoms. The predicted octanol–water partition coefficient (Wildman–Crippen LogP) is -1.06. The molecule has 0 saturated carbocycles. The Morgan fingerprint density at radius 1 is 0.854 bits per heavy atom. The van der Waals surface area contributed by atoms with E-state index in [0.29, 0.717) is 5.56 Å². The number of ether oxygens (including phenoxy) is 3. The lowest BCUT2D eigenvalue weighted by molar-refractivity contribution is -0.338. The minimum Gasteiger partial charge on any atom is -0.508 e. The highest BCUT2D eigenvalue weighted by atomic mass is 16.7. The van der Waals surface area contributed by atoms with Crippen LogP contribution in [0.3, 0.4) is 0 Å². The van der Waals surface area contributed by atoms with Gasteiger partial charge in [0.15, 0.2) is 11.7 Å². The van der Waals surface area contributed by atoms with Crippen LogP contribution in [0.5, 0.6) is 17.2 Å². The molecule has 2 aromatic carbocycles. The van der Waals surface area contributed by atoms with Gasteiger partial charge in [0.05, 0.1) is 18.3 Å². The van der Waals surface area contributed by atoms with E-state index < -0.39 is 90.3 Å². The van der Waals surface area contributed by atoms with Gasteiger partial charge >= 0.3 is 0 Å². The van der Waals surface area contributed by atoms with Crippen molar-refractivity contribution in [3.63, 3.8) is 0 Å². The van der Waals surface area contributed by atoms with Crippen molar-refractivity contribution in [2.75, 3.05) is 6.61 Å². The number of phenols is 3. The van der Waals surface area contributed by atoms with Crippen LogP contribution < -0.4 is 5.43 Å². The first kappa shape index (κ1) is 29.2. The Balaban J connectivity index is 1.59. The molecule has 41 heavy (non-hydrogen) atoms. The third-order valence-corrected chi connectivity index (χ3v) is 7.41. The second-order valence-corrected chi connectivity index (χ2v) is 10.1. The molecule has 3 aromatic rings. The van der Waals surface area contributed by atoms with Crippen molar-refractivity contribution in [3.8, 4) is 28.6 Å². The van der Waals surface area contributed by atoms with Crippen LogP contribution in [0.4, 0.5) is 0 Å². The number of hydrogen-bond donors (Lipinski definition) is 9. The van der Waals surface area contributed by atoms with E-state index in [9.17, 15) is 50.8 Å². The van der Waals surface area contributed by atoms with Crippen LogP contribution in [0.15, 0.2) is 45.6 Å². The molecule has 3 heterocycles. The van der Waals surface area contributed by atoms with E-state index in [2.05, 4.69) is 0 Å². The normalized spacial score (nSPS) is 34.1. The van der Waals surface area contributed by atoms with E-state index in [-0.39, 0.29) is 22.5 Å². The molecule has 1 aromatic heterocycles. The third kappa shape index (κ3) is 5.14. The molecular formula is C27H30O14. The molecule has 222 valence electrons. The second kappa shape index (κ2) is 11.2. The van der Waals surface area contributed by atoms with Crippen LogP contribution in [0.25, 0.3) is 22.3 Å². The van der Waals surface area contributed by atoms with Crippen molar-refractivity contribution in [3.05, 3.63) is 52.2 Å². The zero-order chi connectivity index (χ0) is 29.7. The van der Waals surface area contributed by atoms with Gasteiger partial charge in [-0.15, -0.1) is 0 Å². The second-order valence-electron chi connectivity index (χ2n) is 10.1. The van der Waals surface area contributed by atoms with Gasteiger partial charge in [-0.3, -0.25) is 4.79 Å². The lowest BCUT2D eigenvalue weighted by atomic mass is 9.89. The quantitative estimate of drug-likeness (QED) is 0.175. The molecule has 0 radical (unpaired) electrons. The van der Waals surface area contributed by atoms with Crippen molar-refractivity contribution in [2.45, 2.75) is 68.1 Å². The molecule has 0 bridgehead atoms. The molecule has 9 N–H and O–H groups in total. The van der Waals surface area contributed by atoms with Gasteiger partial charge in [0.1, 0.15) is 82.8 Å². The van der Waals surface area contributed by atoms with Gasteiger partial charge in [-0.25, -0.2) is 0 Å². The molecule has 0 aliphatic carbocycles. The molecule has 2 fully saturated rings. The Labute approximate surface area is 231 Å². The summed E-state index contributed by atoms with van der Waals surface area (Å²) in [6.45, 7) is 0.601. The number of fused-ring (bicyclic) bond motifs is 1. The SMILES string of the molecule is C[C@@H]1OC(OC2C(c3c(O)cc4oc(-c5ccc(O)cc5)cc(=O)c4c3O)OC(CO)C(O)C2O)C(O)C(O)C1O. The average molecular weight is 579 g/mol. The number of aromatic hydroxyl groups is 3. The van der Waals surface area contributed by atoms with Gasteiger partial charge in [-0.1, -0.05) is 0 Å². The molecule has 9 unspecified atom stereocenters. The van der Waals surface area contributed by atoms with E-state index in [4.69, 9.17) is 18.6 Å². The summed E-state index contributed by atoms with van der Waals surface area (Å²) in [4.78, 5) is 13.1. The number of phenolic OH excluding ortho intramolecular Hbond substituents is 3. The summed E-state index contributed by atoms with van der Waals surface area (Å²) in [6, 6.07) is 7.85. The fourth-order valence-electron chi connectivity index (χ4n) is 5.11. The number of aliphatic hydroxyl groups is 6. The molecule has 5 rings (SSSR count).